The van der Waals surface area contributed by atoms with E-state index in [9.17, 15) is 14.7 Å². The lowest BCUT2D eigenvalue weighted by molar-refractivity contribution is -0.137. The standard InChI is InChI=1S/C18H15ClN2O3/c19-15-16(20-13-7-4-8-14(22)11-13)18(24)21(17(15)23)10-9-12-5-2-1-3-6-12/h1-8,11,20,22H,9-10H2. The van der Waals surface area contributed by atoms with Crippen LogP contribution in [0, 0.1) is 0 Å². The molecule has 3 rings (SSSR count). The van der Waals surface area contributed by atoms with Gasteiger partial charge in [0.2, 0.25) is 0 Å². The summed E-state index contributed by atoms with van der Waals surface area (Å²) in [6.07, 6.45) is 0.557. The zero-order valence-electron chi connectivity index (χ0n) is 12.7. The molecule has 1 heterocycles. The molecule has 0 bridgehead atoms. The lowest BCUT2D eigenvalue weighted by atomic mass is 10.1. The first-order valence-corrected chi connectivity index (χ1v) is 7.80. The maximum atomic E-state index is 12.5. The van der Waals surface area contributed by atoms with E-state index < -0.39 is 11.8 Å². The van der Waals surface area contributed by atoms with Crippen LogP contribution in [-0.2, 0) is 16.0 Å². The highest BCUT2D eigenvalue weighted by Gasteiger charge is 2.37. The summed E-state index contributed by atoms with van der Waals surface area (Å²) in [6, 6.07) is 15.8. The van der Waals surface area contributed by atoms with Crippen LogP contribution in [0.15, 0.2) is 65.3 Å². The highest BCUT2D eigenvalue weighted by molar-refractivity contribution is 6.48. The number of nitrogens with zero attached hydrogens (tertiary/aromatic N) is 1. The Bertz CT molecular complexity index is 818. The van der Waals surface area contributed by atoms with Crippen molar-refractivity contribution in [1.29, 1.82) is 0 Å². The zero-order chi connectivity index (χ0) is 17.1. The molecule has 6 heteroatoms. The lowest BCUT2D eigenvalue weighted by Gasteiger charge is -2.15. The molecule has 2 aromatic rings. The number of hydrogen-bond donors (Lipinski definition) is 2. The number of carbonyl (C=O) groups excluding carboxylic acids is 2. The summed E-state index contributed by atoms with van der Waals surface area (Å²) in [5, 5.41) is 12.2. The van der Waals surface area contributed by atoms with Crippen LogP contribution >= 0.6 is 11.6 Å². The highest BCUT2D eigenvalue weighted by Crippen LogP contribution is 2.26. The van der Waals surface area contributed by atoms with Gasteiger partial charge in [0, 0.05) is 18.3 Å². The SMILES string of the molecule is O=C1C(Cl)=C(Nc2cccc(O)c2)C(=O)N1CCc1ccccc1. The van der Waals surface area contributed by atoms with Crippen LogP contribution < -0.4 is 5.32 Å². The Morgan fingerprint density at radius 2 is 1.75 bits per heavy atom. The molecule has 1 aliphatic rings. The van der Waals surface area contributed by atoms with Crippen molar-refractivity contribution in [3.05, 3.63) is 70.9 Å². The van der Waals surface area contributed by atoms with Crippen molar-refractivity contribution in [2.75, 3.05) is 11.9 Å². The third-order valence-corrected chi connectivity index (χ3v) is 4.04. The molecule has 0 unspecified atom stereocenters. The minimum absolute atomic E-state index is 0.0281. The quantitative estimate of drug-likeness (QED) is 0.820. The van der Waals surface area contributed by atoms with Crippen LogP contribution in [-0.4, -0.2) is 28.4 Å². The molecule has 0 saturated heterocycles. The topological polar surface area (TPSA) is 69.6 Å². The van der Waals surface area contributed by atoms with E-state index in [1.54, 1.807) is 12.1 Å². The number of aromatic hydroxyl groups is 1. The second-order valence-electron chi connectivity index (χ2n) is 5.36. The van der Waals surface area contributed by atoms with Crippen molar-refractivity contribution >= 4 is 29.1 Å². The molecule has 0 radical (unpaired) electrons. The van der Waals surface area contributed by atoms with Gasteiger partial charge in [-0.05, 0) is 24.1 Å². The molecule has 0 aromatic heterocycles. The molecule has 1 aliphatic heterocycles. The molecule has 2 amide bonds. The van der Waals surface area contributed by atoms with Gasteiger partial charge in [0.15, 0.2) is 0 Å². The summed E-state index contributed by atoms with van der Waals surface area (Å²) in [4.78, 5) is 25.8. The average Bonchev–Trinajstić information content (AvgIpc) is 2.78. The van der Waals surface area contributed by atoms with Crippen molar-refractivity contribution in [3.63, 3.8) is 0 Å². The van der Waals surface area contributed by atoms with Crippen LogP contribution in [0.1, 0.15) is 5.56 Å². The summed E-state index contributed by atoms with van der Waals surface area (Å²) in [6.45, 7) is 0.253. The van der Waals surface area contributed by atoms with Crippen molar-refractivity contribution < 1.29 is 14.7 Å². The number of anilines is 1. The van der Waals surface area contributed by atoms with Crippen LogP contribution in [0.2, 0.25) is 0 Å². The first-order chi connectivity index (χ1) is 11.6. The number of carbonyl (C=O) groups is 2. The molecule has 0 spiro atoms. The molecule has 2 N–H and O–H groups in total. The van der Waals surface area contributed by atoms with Gasteiger partial charge in [0.1, 0.15) is 16.5 Å². The average molecular weight is 343 g/mol. The highest BCUT2D eigenvalue weighted by atomic mass is 35.5. The van der Waals surface area contributed by atoms with Gasteiger partial charge < -0.3 is 10.4 Å². The number of phenolic OH excluding ortho intramolecular Hbond substituents is 1. The van der Waals surface area contributed by atoms with Gasteiger partial charge in [-0.2, -0.15) is 0 Å². The second-order valence-corrected chi connectivity index (χ2v) is 5.74. The molecule has 24 heavy (non-hydrogen) atoms. The normalized spacial score (nSPS) is 14.5. The summed E-state index contributed by atoms with van der Waals surface area (Å²) in [5.74, 6) is -0.932. The molecular weight excluding hydrogens is 328 g/mol. The van der Waals surface area contributed by atoms with Gasteiger partial charge in [-0.3, -0.25) is 14.5 Å². The van der Waals surface area contributed by atoms with Gasteiger partial charge in [0.05, 0.1) is 0 Å². The number of nitrogens with one attached hydrogen (secondary N) is 1. The van der Waals surface area contributed by atoms with Crippen LogP contribution in [0.25, 0.3) is 0 Å². The van der Waals surface area contributed by atoms with Crippen LogP contribution in [0.3, 0.4) is 0 Å². The fourth-order valence-corrected chi connectivity index (χ4v) is 2.70. The van der Waals surface area contributed by atoms with Gasteiger partial charge in [-0.25, -0.2) is 0 Å². The van der Waals surface area contributed by atoms with E-state index in [4.69, 9.17) is 11.6 Å². The number of rotatable bonds is 5. The lowest BCUT2D eigenvalue weighted by Crippen LogP contribution is -2.34. The number of imide groups is 1. The summed E-state index contributed by atoms with van der Waals surface area (Å²) in [5.41, 5.74) is 1.54. The predicted molar refractivity (Wildman–Crippen MR) is 91.5 cm³/mol. The van der Waals surface area contributed by atoms with E-state index in [2.05, 4.69) is 5.32 Å². The van der Waals surface area contributed by atoms with Crippen molar-refractivity contribution in [1.82, 2.24) is 4.90 Å². The molecule has 2 aromatic carbocycles. The Hall–Kier alpha value is -2.79. The van der Waals surface area contributed by atoms with Gasteiger partial charge in [-0.1, -0.05) is 48.0 Å². The third kappa shape index (κ3) is 3.26. The minimum atomic E-state index is -0.514. The Morgan fingerprint density at radius 3 is 2.46 bits per heavy atom. The molecular formula is C18H15ClN2O3. The van der Waals surface area contributed by atoms with E-state index in [0.717, 1.165) is 10.5 Å². The third-order valence-electron chi connectivity index (χ3n) is 3.69. The fourth-order valence-electron chi connectivity index (χ4n) is 2.47. The van der Waals surface area contributed by atoms with Crippen molar-refractivity contribution in [2.45, 2.75) is 6.42 Å². The Labute approximate surface area is 144 Å². The fraction of sp³-hybridized carbons (Fsp3) is 0.111. The molecule has 0 aliphatic carbocycles. The smallest absolute Gasteiger partial charge is 0.278 e. The number of halogens is 1. The van der Waals surface area contributed by atoms with Crippen molar-refractivity contribution in [2.24, 2.45) is 0 Å². The molecule has 0 saturated carbocycles. The Morgan fingerprint density at radius 1 is 1.00 bits per heavy atom. The maximum Gasteiger partial charge on any atom is 0.278 e. The summed E-state index contributed by atoms with van der Waals surface area (Å²) in [7, 11) is 0. The van der Waals surface area contributed by atoms with Gasteiger partial charge in [-0.15, -0.1) is 0 Å². The van der Waals surface area contributed by atoms with E-state index in [0.29, 0.717) is 12.1 Å². The van der Waals surface area contributed by atoms with E-state index >= 15 is 0 Å². The minimum Gasteiger partial charge on any atom is -0.508 e. The van der Waals surface area contributed by atoms with E-state index in [1.807, 2.05) is 30.3 Å². The largest absolute Gasteiger partial charge is 0.508 e. The first-order valence-electron chi connectivity index (χ1n) is 7.42. The summed E-state index contributed by atoms with van der Waals surface area (Å²) >= 11 is 6.03. The molecule has 0 fully saturated rings. The maximum absolute atomic E-state index is 12.5. The molecule has 5 nitrogen and oxygen atoms in total. The number of phenols is 1. The molecule has 0 atom stereocenters. The second kappa shape index (κ2) is 6.76. The van der Waals surface area contributed by atoms with E-state index in [1.165, 1.54) is 12.1 Å². The Kier molecular flexibility index (Phi) is 4.53. The van der Waals surface area contributed by atoms with Crippen LogP contribution in [0.4, 0.5) is 5.69 Å². The van der Waals surface area contributed by atoms with E-state index in [-0.39, 0.29) is 23.0 Å². The Balaban J connectivity index is 1.72. The number of hydrogen-bond acceptors (Lipinski definition) is 4. The number of benzene rings is 2. The van der Waals surface area contributed by atoms with Gasteiger partial charge >= 0.3 is 0 Å². The zero-order valence-corrected chi connectivity index (χ0v) is 13.5. The number of amides is 2. The summed E-state index contributed by atoms with van der Waals surface area (Å²) < 4.78 is 0. The molecule has 122 valence electrons. The van der Waals surface area contributed by atoms with Crippen LogP contribution in [0.5, 0.6) is 5.75 Å². The van der Waals surface area contributed by atoms with Gasteiger partial charge in [0.25, 0.3) is 11.8 Å². The predicted octanol–water partition coefficient (Wildman–Crippen LogP) is 2.87. The van der Waals surface area contributed by atoms with Crippen molar-refractivity contribution in [3.8, 4) is 5.75 Å². The first kappa shape index (κ1) is 16.1. The monoisotopic (exact) mass is 342 g/mol.